The first kappa shape index (κ1) is 16.9. The van der Waals surface area contributed by atoms with Gasteiger partial charge in [-0.2, -0.15) is 4.68 Å². The van der Waals surface area contributed by atoms with Crippen LogP contribution in [0.3, 0.4) is 0 Å². The van der Waals surface area contributed by atoms with E-state index >= 15 is 0 Å². The predicted molar refractivity (Wildman–Crippen MR) is 94.3 cm³/mol. The van der Waals surface area contributed by atoms with Gasteiger partial charge in [-0.3, -0.25) is 0 Å². The Kier molecular flexibility index (Phi) is 4.87. The second-order valence-corrected chi connectivity index (χ2v) is 6.96. The smallest absolute Gasteiger partial charge is 0.207 e. The van der Waals surface area contributed by atoms with Crippen LogP contribution in [0.1, 0.15) is 22.3 Å². The molecule has 24 heavy (non-hydrogen) atoms. The van der Waals surface area contributed by atoms with Crippen LogP contribution in [0.2, 0.25) is 5.02 Å². The number of hydrogen-bond donors (Lipinski definition) is 0. The number of benzene rings is 2. The van der Waals surface area contributed by atoms with Gasteiger partial charge in [0.1, 0.15) is 5.82 Å². The molecule has 3 aromatic rings. The number of aryl methyl sites for hydroxylation is 3. The molecule has 0 atom stereocenters. The maximum absolute atomic E-state index is 13.9. The third-order valence-corrected chi connectivity index (χ3v) is 5.00. The van der Waals surface area contributed by atoms with Crippen LogP contribution in [0, 0.1) is 26.6 Å². The van der Waals surface area contributed by atoms with Gasteiger partial charge in [0.05, 0.1) is 5.69 Å². The summed E-state index contributed by atoms with van der Waals surface area (Å²) in [4.78, 5) is 0. The van der Waals surface area contributed by atoms with Crippen molar-refractivity contribution < 1.29 is 4.39 Å². The zero-order chi connectivity index (χ0) is 17.3. The number of hydrogen-bond acceptors (Lipinski definition) is 4. The molecule has 7 heteroatoms. The fraction of sp³-hybridized carbons (Fsp3) is 0.235. The maximum Gasteiger partial charge on any atom is 0.214 e. The molecule has 0 N–H and O–H groups in total. The van der Waals surface area contributed by atoms with E-state index in [0.29, 0.717) is 21.5 Å². The van der Waals surface area contributed by atoms with Crippen molar-refractivity contribution in [1.82, 2.24) is 20.2 Å². The third-order valence-electron chi connectivity index (χ3n) is 3.70. The summed E-state index contributed by atoms with van der Waals surface area (Å²) in [7, 11) is 0. The van der Waals surface area contributed by atoms with Crippen LogP contribution in [0.5, 0.6) is 0 Å². The van der Waals surface area contributed by atoms with Crippen LogP contribution in [0.15, 0.2) is 35.5 Å². The zero-order valence-corrected chi connectivity index (χ0v) is 15.1. The molecule has 1 heterocycles. The standard InChI is InChI=1S/C17H16ClFN4S/c1-10-7-11(2)16(12(3)8-10)23-17(20-21-22-23)24-9-13-14(18)5-4-6-15(13)19/h4-8H,9H2,1-3H3. The van der Waals surface area contributed by atoms with Crippen LogP contribution >= 0.6 is 23.4 Å². The topological polar surface area (TPSA) is 43.6 Å². The normalized spacial score (nSPS) is 11.0. The molecule has 0 aliphatic rings. The monoisotopic (exact) mass is 362 g/mol. The number of rotatable bonds is 4. The van der Waals surface area contributed by atoms with E-state index in [4.69, 9.17) is 11.6 Å². The molecule has 2 aromatic carbocycles. The van der Waals surface area contributed by atoms with E-state index in [0.717, 1.165) is 16.8 Å². The van der Waals surface area contributed by atoms with E-state index < -0.39 is 0 Å². The quantitative estimate of drug-likeness (QED) is 0.632. The van der Waals surface area contributed by atoms with Crippen molar-refractivity contribution in [3.05, 3.63) is 63.4 Å². The van der Waals surface area contributed by atoms with Gasteiger partial charge in [-0.05, 0) is 54.5 Å². The molecule has 0 spiro atoms. The fourth-order valence-corrected chi connectivity index (χ4v) is 3.94. The number of thioether (sulfide) groups is 1. The Morgan fingerprint density at radius 1 is 1.17 bits per heavy atom. The molecule has 0 saturated carbocycles. The highest BCUT2D eigenvalue weighted by atomic mass is 35.5. The second-order valence-electron chi connectivity index (χ2n) is 5.61. The van der Waals surface area contributed by atoms with E-state index in [2.05, 4.69) is 34.6 Å². The Hall–Kier alpha value is -1.92. The summed E-state index contributed by atoms with van der Waals surface area (Å²) in [5, 5.41) is 13.0. The minimum Gasteiger partial charge on any atom is -0.207 e. The van der Waals surface area contributed by atoms with Crippen LogP contribution in [0.4, 0.5) is 4.39 Å². The molecule has 0 unspecified atom stereocenters. The summed E-state index contributed by atoms with van der Waals surface area (Å²) in [6.45, 7) is 6.11. The molecular weight excluding hydrogens is 347 g/mol. The summed E-state index contributed by atoms with van der Waals surface area (Å²) >= 11 is 7.44. The van der Waals surface area contributed by atoms with Crippen LogP contribution in [0.25, 0.3) is 5.69 Å². The van der Waals surface area contributed by atoms with Crippen LogP contribution < -0.4 is 0 Å². The SMILES string of the molecule is Cc1cc(C)c(-n2nnnc2SCc2c(F)cccc2Cl)c(C)c1. The molecule has 3 rings (SSSR count). The first-order valence-corrected chi connectivity index (χ1v) is 8.76. The lowest BCUT2D eigenvalue weighted by molar-refractivity contribution is 0.617. The summed E-state index contributed by atoms with van der Waals surface area (Å²) in [6, 6.07) is 8.85. The molecule has 0 saturated heterocycles. The molecular formula is C17H16ClFN4S. The van der Waals surface area contributed by atoms with Crippen molar-refractivity contribution in [2.45, 2.75) is 31.7 Å². The highest BCUT2D eigenvalue weighted by molar-refractivity contribution is 7.98. The number of aromatic nitrogens is 4. The van der Waals surface area contributed by atoms with Gasteiger partial charge in [0, 0.05) is 16.3 Å². The van der Waals surface area contributed by atoms with Crippen molar-refractivity contribution in [3.8, 4) is 5.69 Å². The third kappa shape index (κ3) is 3.30. The lowest BCUT2D eigenvalue weighted by Gasteiger charge is -2.12. The van der Waals surface area contributed by atoms with Gasteiger partial charge in [-0.25, -0.2) is 4.39 Å². The summed E-state index contributed by atoms with van der Waals surface area (Å²) < 4.78 is 15.6. The van der Waals surface area contributed by atoms with Crippen molar-refractivity contribution in [1.29, 1.82) is 0 Å². The lowest BCUT2D eigenvalue weighted by Crippen LogP contribution is -2.05. The minimum absolute atomic E-state index is 0.322. The van der Waals surface area contributed by atoms with Gasteiger partial charge in [0.2, 0.25) is 5.16 Å². The number of tetrazole rings is 1. The Morgan fingerprint density at radius 2 is 1.88 bits per heavy atom. The summed E-state index contributed by atoms with van der Waals surface area (Å²) in [5.74, 6) is 0.0345. The maximum atomic E-state index is 13.9. The molecule has 0 aliphatic heterocycles. The minimum atomic E-state index is -0.322. The Bertz CT molecular complexity index is 851. The summed E-state index contributed by atoms with van der Waals surface area (Å²) in [5.41, 5.74) is 4.77. The molecule has 0 fully saturated rings. The highest BCUT2D eigenvalue weighted by Crippen LogP contribution is 2.29. The van der Waals surface area contributed by atoms with Gasteiger partial charge < -0.3 is 0 Å². The van der Waals surface area contributed by atoms with Crippen molar-refractivity contribution >= 4 is 23.4 Å². The zero-order valence-electron chi connectivity index (χ0n) is 13.5. The van der Waals surface area contributed by atoms with Gasteiger partial charge in [-0.1, -0.05) is 47.1 Å². The van der Waals surface area contributed by atoms with E-state index in [1.165, 1.54) is 23.4 Å². The largest absolute Gasteiger partial charge is 0.214 e. The molecule has 0 bridgehead atoms. The van der Waals surface area contributed by atoms with E-state index in [1.807, 2.05) is 13.8 Å². The van der Waals surface area contributed by atoms with E-state index in [9.17, 15) is 4.39 Å². The van der Waals surface area contributed by atoms with Crippen LogP contribution in [-0.2, 0) is 5.75 Å². The predicted octanol–water partition coefficient (Wildman–Crippen LogP) is 4.67. The van der Waals surface area contributed by atoms with Gasteiger partial charge >= 0.3 is 0 Å². The lowest BCUT2D eigenvalue weighted by atomic mass is 10.1. The van der Waals surface area contributed by atoms with E-state index in [1.54, 1.807) is 16.8 Å². The molecule has 124 valence electrons. The van der Waals surface area contributed by atoms with Crippen molar-refractivity contribution in [3.63, 3.8) is 0 Å². The average Bonchev–Trinajstić information content (AvgIpc) is 2.94. The first-order valence-electron chi connectivity index (χ1n) is 7.39. The van der Waals surface area contributed by atoms with Gasteiger partial charge in [0.25, 0.3) is 0 Å². The molecule has 4 nitrogen and oxygen atoms in total. The number of halogens is 2. The molecule has 0 amide bonds. The molecule has 0 aliphatic carbocycles. The Labute approximate surface area is 149 Å². The molecule has 1 aromatic heterocycles. The number of nitrogens with zero attached hydrogens (tertiary/aromatic N) is 4. The van der Waals surface area contributed by atoms with Crippen molar-refractivity contribution in [2.24, 2.45) is 0 Å². The highest BCUT2D eigenvalue weighted by Gasteiger charge is 2.15. The second kappa shape index (κ2) is 6.91. The molecule has 0 radical (unpaired) electrons. The van der Waals surface area contributed by atoms with E-state index in [-0.39, 0.29) is 5.82 Å². The Morgan fingerprint density at radius 3 is 2.54 bits per heavy atom. The van der Waals surface area contributed by atoms with Gasteiger partial charge in [0.15, 0.2) is 0 Å². The summed E-state index contributed by atoms with van der Waals surface area (Å²) in [6.07, 6.45) is 0. The van der Waals surface area contributed by atoms with Gasteiger partial charge in [-0.15, -0.1) is 5.10 Å². The average molecular weight is 363 g/mol. The van der Waals surface area contributed by atoms with Crippen molar-refractivity contribution in [2.75, 3.05) is 0 Å². The van der Waals surface area contributed by atoms with Crippen LogP contribution in [-0.4, -0.2) is 20.2 Å². The Balaban J connectivity index is 1.92. The first-order chi connectivity index (χ1) is 11.5. The fourth-order valence-electron chi connectivity index (χ4n) is 2.72.